The van der Waals surface area contributed by atoms with Crippen LogP contribution in [-0.4, -0.2) is 13.2 Å². The van der Waals surface area contributed by atoms with Gasteiger partial charge in [0, 0.05) is 26.8 Å². The van der Waals surface area contributed by atoms with Crippen molar-refractivity contribution in [1.29, 1.82) is 0 Å². The number of rotatable bonds is 6. The molecule has 2 aromatic rings. The lowest BCUT2D eigenvalue weighted by atomic mass is 10.1. The summed E-state index contributed by atoms with van der Waals surface area (Å²) in [5, 5.41) is 2.04. The van der Waals surface area contributed by atoms with E-state index in [1.54, 1.807) is 18.4 Å². The lowest BCUT2D eigenvalue weighted by Gasteiger charge is -2.23. The highest BCUT2D eigenvalue weighted by atomic mass is 79.9. The molecule has 2 atom stereocenters. The van der Waals surface area contributed by atoms with Gasteiger partial charge in [-0.1, -0.05) is 13.0 Å². The molecule has 0 bridgehead atoms. The van der Waals surface area contributed by atoms with E-state index in [1.165, 1.54) is 0 Å². The van der Waals surface area contributed by atoms with Crippen molar-refractivity contribution in [3.05, 3.63) is 45.1 Å². The first-order chi connectivity index (χ1) is 9.63. The average molecular weight is 356 g/mol. The van der Waals surface area contributed by atoms with Crippen molar-refractivity contribution in [2.24, 2.45) is 5.73 Å². The number of nitrogens with two attached hydrogens (primary N) is 1. The van der Waals surface area contributed by atoms with Gasteiger partial charge in [0.1, 0.15) is 17.6 Å². The number of hydrogen-bond acceptors (Lipinski definition) is 4. The van der Waals surface area contributed by atoms with Crippen molar-refractivity contribution in [3.63, 3.8) is 0 Å². The van der Waals surface area contributed by atoms with Gasteiger partial charge in [0.15, 0.2) is 0 Å². The summed E-state index contributed by atoms with van der Waals surface area (Å²) in [6.45, 7) is 2.06. The zero-order chi connectivity index (χ0) is 14.5. The van der Waals surface area contributed by atoms with Crippen molar-refractivity contribution in [2.75, 3.05) is 7.11 Å². The summed E-state index contributed by atoms with van der Waals surface area (Å²) in [5.41, 5.74) is 6.21. The molecule has 0 aliphatic heterocycles. The quantitative estimate of drug-likeness (QED) is 0.836. The highest BCUT2D eigenvalue weighted by Crippen LogP contribution is 2.32. The van der Waals surface area contributed by atoms with Crippen molar-refractivity contribution < 1.29 is 9.47 Å². The molecule has 108 valence electrons. The van der Waals surface area contributed by atoms with E-state index in [0.29, 0.717) is 0 Å². The van der Waals surface area contributed by atoms with Crippen LogP contribution in [-0.2, 0) is 0 Å². The Kier molecular flexibility index (Phi) is 5.46. The maximum absolute atomic E-state index is 6.21. The van der Waals surface area contributed by atoms with Gasteiger partial charge in [-0.15, -0.1) is 11.3 Å². The van der Waals surface area contributed by atoms with E-state index < -0.39 is 0 Å². The van der Waals surface area contributed by atoms with Crippen LogP contribution < -0.4 is 15.2 Å². The Hall–Kier alpha value is -1.04. The van der Waals surface area contributed by atoms with Gasteiger partial charge in [0.25, 0.3) is 0 Å². The van der Waals surface area contributed by atoms with Crippen LogP contribution in [0.25, 0.3) is 0 Å². The Morgan fingerprint density at radius 1 is 1.30 bits per heavy atom. The van der Waals surface area contributed by atoms with Crippen LogP contribution >= 0.6 is 27.3 Å². The monoisotopic (exact) mass is 355 g/mol. The molecule has 1 heterocycles. The number of halogens is 1. The smallest absolute Gasteiger partial charge is 0.148 e. The Morgan fingerprint density at radius 2 is 2.05 bits per heavy atom. The molecule has 1 aromatic heterocycles. The molecule has 5 heteroatoms. The predicted octanol–water partition coefficient (Wildman–Crippen LogP) is 4.38. The first kappa shape index (κ1) is 15.4. The molecule has 0 aliphatic rings. The molecule has 3 nitrogen and oxygen atoms in total. The van der Waals surface area contributed by atoms with Crippen LogP contribution in [0, 0.1) is 0 Å². The average Bonchev–Trinajstić information content (AvgIpc) is 2.90. The maximum atomic E-state index is 6.21. The van der Waals surface area contributed by atoms with Crippen LogP contribution in [0.5, 0.6) is 11.5 Å². The third-order valence-corrected chi connectivity index (χ3v) is 4.79. The van der Waals surface area contributed by atoms with Gasteiger partial charge in [0.2, 0.25) is 0 Å². The molecule has 0 spiro atoms. The predicted molar refractivity (Wildman–Crippen MR) is 86.6 cm³/mol. The molecule has 1 aromatic carbocycles. The number of hydrogen-bond donors (Lipinski definition) is 1. The fourth-order valence-electron chi connectivity index (χ4n) is 1.87. The van der Waals surface area contributed by atoms with Gasteiger partial charge in [-0.3, -0.25) is 0 Å². The molecular weight excluding hydrogens is 338 g/mol. The van der Waals surface area contributed by atoms with Crippen LogP contribution in [0.3, 0.4) is 0 Å². The van der Waals surface area contributed by atoms with E-state index in [9.17, 15) is 0 Å². The molecule has 2 rings (SSSR count). The molecule has 0 amide bonds. The lowest BCUT2D eigenvalue weighted by molar-refractivity contribution is 0.174. The topological polar surface area (TPSA) is 44.5 Å². The fourth-order valence-corrected chi connectivity index (χ4v) is 3.42. The molecular formula is C15H18BrNO2S. The van der Waals surface area contributed by atoms with Crippen molar-refractivity contribution in [3.8, 4) is 11.5 Å². The first-order valence-corrected chi connectivity index (χ1v) is 8.11. The van der Waals surface area contributed by atoms with Gasteiger partial charge in [-0.25, -0.2) is 0 Å². The second-order valence-electron chi connectivity index (χ2n) is 4.46. The van der Waals surface area contributed by atoms with Gasteiger partial charge >= 0.3 is 0 Å². The molecule has 20 heavy (non-hydrogen) atoms. The highest BCUT2D eigenvalue weighted by Gasteiger charge is 2.22. The Morgan fingerprint density at radius 3 is 2.65 bits per heavy atom. The summed E-state index contributed by atoms with van der Waals surface area (Å²) in [6.07, 6.45) is 0.702. The SMILES string of the molecule is CCC(N)C(Oc1cccc(OC)c1)c1cc(Br)cs1. The second-order valence-corrected chi connectivity index (χ2v) is 6.32. The Bertz CT molecular complexity index is 558. The zero-order valence-electron chi connectivity index (χ0n) is 11.5. The minimum atomic E-state index is -0.150. The van der Waals surface area contributed by atoms with E-state index in [2.05, 4.69) is 28.9 Å². The van der Waals surface area contributed by atoms with Crippen LogP contribution in [0.1, 0.15) is 24.3 Å². The Balaban J connectivity index is 2.23. The Labute approximate surface area is 131 Å². The molecule has 0 saturated carbocycles. The van der Waals surface area contributed by atoms with Gasteiger partial charge in [-0.2, -0.15) is 0 Å². The van der Waals surface area contributed by atoms with Crippen LogP contribution in [0.4, 0.5) is 0 Å². The van der Waals surface area contributed by atoms with E-state index in [4.69, 9.17) is 15.2 Å². The van der Waals surface area contributed by atoms with Crippen LogP contribution in [0.15, 0.2) is 40.2 Å². The minimum Gasteiger partial charge on any atom is -0.497 e. The van der Waals surface area contributed by atoms with Gasteiger partial charge < -0.3 is 15.2 Å². The molecule has 0 aliphatic carbocycles. The summed E-state index contributed by atoms with van der Waals surface area (Å²) in [6, 6.07) is 9.60. The summed E-state index contributed by atoms with van der Waals surface area (Å²) in [7, 11) is 1.64. The third-order valence-electron chi connectivity index (χ3n) is 3.03. The summed E-state index contributed by atoms with van der Waals surface area (Å²) in [4.78, 5) is 1.12. The highest BCUT2D eigenvalue weighted by molar-refractivity contribution is 9.10. The maximum Gasteiger partial charge on any atom is 0.148 e. The zero-order valence-corrected chi connectivity index (χ0v) is 13.9. The largest absolute Gasteiger partial charge is 0.497 e. The van der Waals surface area contributed by atoms with Gasteiger partial charge in [0.05, 0.1) is 7.11 Å². The van der Waals surface area contributed by atoms with Gasteiger partial charge in [-0.05, 0) is 40.5 Å². The molecule has 2 N–H and O–H groups in total. The number of ether oxygens (including phenoxy) is 2. The van der Waals surface area contributed by atoms with E-state index in [-0.39, 0.29) is 12.1 Å². The molecule has 0 saturated heterocycles. The molecule has 2 unspecified atom stereocenters. The standard InChI is InChI=1S/C15H18BrNO2S/c1-3-13(17)15(14-7-10(16)9-20-14)19-12-6-4-5-11(8-12)18-2/h4-9,13,15H,3,17H2,1-2H3. The van der Waals surface area contributed by atoms with E-state index >= 15 is 0 Å². The van der Waals surface area contributed by atoms with Crippen molar-refractivity contribution >= 4 is 27.3 Å². The fraction of sp³-hybridized carbons (Fsp3) is 0.333. The normalized spacial score (nSPS) is 13.8. The first-order valence-electron chi connectivity index (χ1n) is 6.44. The number of benzene rings is 1. The second kappa shape index (κ2) is 7.11. The van der Waals surface area contributed by atoms with Crippen LogP contribution in [0.2, 0.25) is 0 Å². The summed E-state index contributed by atoms with van der Waals surface area (Å²) in [5.74, 6) is 1.54. The molecule has 0 radical (unpaired) electrons. The van der Waals surface area contributed by atoms with Crippen molar-refractivity contribution in [1.82, 2.24) is 0 Å². The van der Waals surface area contributed by atoms with E-state index in [1.807, 2.05) is 29.6 Å². The number of thiophene rings is 1. The van der Waals surface area contributed by atoms with E-state index in [0.717, 1.165) is 27.3 Å². The molecule has 0 fully saturated rings. The lowest BCUT2D eigenvalue weighted by Crippen LogP contribution is -2.30. The summed E-state index contributed by atoms with van der Waals surface area (Å²) >= 11 is 5.12. The summed E-state index contributed by atoms with van der Waals surface area (Å²) < 4.78 is 12.4. The van der Waals surface area contributed by atoms with Crippen molar-refractivity contribution in [2.45, 2.75) is 25.5 Å². The third kappa shape index (κ3) is 3.75. The number of methoxy groups -OCH3 is 1. The minimum absolute atomic E-state index is 0.0493.